The lowest BCUT2D eigenvalue weighted by atomic mass is 10.1. The molecular weight excluding hydrogens is 412 g/mol. The quantitative estimate of drug-likeness (QED) is 0.394. The minimum absolute atomic E-state index is 0.142. The molecule has 0 aliphatic rings. The Balaban J connectivity index is 1.43. The number of benzene rings is 2. The molecule has 2 aromatic heterocycles. The van der Waals surface area contributed by atoms with E-state index >= 15 is 0 Å². The first-order chi connectivity index (χ1) is 16.2. The first kappa shape index (κ1) is 22.0. The lowest BCUT2D eigenvalue weighted by molar-refractivity contribution is -0.116. The van der Waals surface area contributed by atoms with E-state index in [0.29, 0.717) is 13.1 Å². The van der Waals surface area contributed by atoms with Crippen LogP contribution >= 0.6 is 0 Å². The van der Waals surface area contributed by atoms with Crippen molar-refractivity contribution in [1.82, 2.24) is 20.1 Å². The van der Waals surface area contributed by atoms with E-state index in [0.717, 1.165) is 40.1 Å². The van der Waals surface area contributed by atoms with Crippen LogP contribution in [0.3, 0.4) is 0 Å². The van der Waals surface area contributed by atoms with Crippen molar-refractivity contribution < 1.29 is 9.53 Å². The Kier molecular flexibility index (Phi) is 7.28. The van der Waals surface area contributed by atoms with E-state index in [1.807, 2.05) is 65.5 Å². The second-order valence-electron chi connectivity index (χ2n) is 7.58. The van der Waals surface area contributed by atoms with Crippen LogP contribution in [0.4, 0.5) is 0 Å². The number of nitrogens with zero attached hydrogens (tertiary/aromatic N) is 3. The molecule has 4 rings (SSSR count). The van der Waals surface area contributed by atoms with Crippen LogP contribution in [0, 0.1) is 0 Å². The minimum atomic E-state index is -0.142. The summed E-state index contributed by atoms with van der Waals surface area (Å²) in [5.41, 5.74) is 4.86. The van der Waals surface area contributed by atoms with Crippen LogP contribution in [0.5, 0.6) is 5.75 Å². The zero-order chi connectivity index (χ0) is 22.9. The van der Waals surface area contributed by atoms with Crippen LogP contribution in [0.15, 0.2) is 91.4 Å². The highest BCUT2D eigenvalue weighted by molar-refractivity contribution is 5.92. The summed E-state index contributed by atoms with van der Waals surface area (Å²) in [5, 5.41) is 7.69. The molecular formula is C27H26N4O2. The zero-order valence-electron chi connectivity index (χ0n) is 18.5. The molecule has 6 nitrogen and oxygen atoms in total. The van der Waals surface area contributed by atoms with Crippen LogP contribution in [0.2, 0.25) is 0 Å². The number of pyridine rings is 1. The van der Waals surface area contributed by atoms with Crippen LogP contribution in [0.25, 0.3) is 17.3 Å². The van der Waals surface area contributed by atoms with Crippen LogP contribution < -0.4 is 10.1 Å². The lowest BCUT2D eigenvalue weighted by Gasteiger charge is -2.04. The number of carbonyl (C=O) groups excluding carboxylic acids is 1. The monoisotopic (exact) mass is 438 g/mol. The van der Waals surface area contributed by atoms with Gasteiger partial charge in [-0.2, -0.15) is 5.10 Å². The molecule has 0 saturated carbocycles. The fourth-order valence-corrected chi connectivity index (χ4v) is 3.48. The average Bonchev–Trinajstić information content (AvgIpc) is 3.27. The number of aromatic nitrogens is 3. The predicted molar refractivity (Wildman–Crippen MR) is 130 cm³/mol. The third-order valence-electron chi connectivity index (χ3n) is 5.20. The lowest BCUT2D eigenvalue weighted by Crippen LogP contribution is -2.23. The van der Waals surface area contributed by atoms with Crippen molar-refractivity contribution in [2.45, 2.75) is 13.0 Å². The van der Waals surface area contributed by atoms with Gasteiger partial charge in [-0.15, -0.1) is 0 Å². The largest absolute Gasteiger partial charge is 0.497 e. The molecule has 1 N–H and O–H groups in total. The van der Waals surface area contributed by atoms with Gasteiger partial charge in [0.1, 0.15) is 11.4 Å². The third-order valence-corrected chi connectivity index (χ3v) is 5.20. The predicted octanol–water partition coefficient (Wildman–Crippen LogP) is 4.37. The van der Waals surface area contributed by atoms with Crippen molar-refractivity contribution in [3.63, 3.8) is 0 Å². The zero-order valence-corrected chi connectivity index (χ0v) is 18.5. The second kappa shape index (κ2) is 10.9. The summed E-state index contributed by atoms with van der Waals surface area (Å²) in [6, 6.07) is 21.8. The van der Waals surface area contributed by atoms with E-state index in [-0.39, 0.29) is 5.91 Å². The molecule has 0 aliphatic carbocycles. The van der Waals surface area contributed by atoms with Gasteiger partial charge in [0.2, 0.25) is 5.91 Å². The minimum Gasteiger partial charge on any atom is -0.497 e. The maximum Gasteiger partial charge on any atom is 0.244 e. The molecule has 0 bridgehead atoms. The van der Waals surface area contributed by atoms with Gasteiger partial charge < -0.3 is 10.1 Å². The SMILES string of the molecule is COc1ccc(CCNC(=O)/C=C/c2cn(Cc3ccccc3)nc2-c2cccnc2)cc1. The van der Waals surface area contributed by atoms with Gasteiger partial charge in [-0.1, -0.05) is 42.5 Å². The van der Waals surface area contributed by atoms with Crippen molar-refractivity contribution in [3.8, 4) is 17.0 Å². The van der Waals surface area contributed by atoms with Crippen LogP contribution in [-0.4, -0.2) is 34.3 Å². The van der Waals surface area contributed by atoms with Crippen molar-refractivity contribution in [1.29, 1.82) is 0 Å². The van der Waals surface area contributed by atoms with E-state index in [1.165, 1.54) is 0 Å². The van der Waals surface area contributed by atoms with Crippen LogP contribution in [-0.2, 0) is 17.8 Å². The molecule has 4 aromatic rings. The molecule has 2 aromatic carbocycles. The summed E-state index contributed by atoms with van der Waals surface area (Å²) in [6.45, 7) is 1.20. The number of hydrogen-bond acceptors (Lipinski definition) is 4. The van der Waals surface area contributed by atoms with Gasteiger partial charge in [-0.3, -0.25) is 14.5 Å². The van der Waals surface area contributed by atoms with Gasteiger partial charge in [0.25, 0.3) is 0 Å². The Morgan fingerprint density at radius 2 is 1.85 bits per heavy atom. The molecule has 166 valence electrons. The van der Waals surface area contributed by atoms with Gasteiger partial charge >= 0.3 is 0 Å². The van der Waals surface area contributed by atoms with Gasteiger partial charge in [-0.05, 0) is 47.9 Å². The molecule has 0 spiro atoms. The molecule has 6 heteroatoms. The third kappa shape index (κ3) is 6.17. The molecule has 0 atom stereocenters. The Morgan fingerprint density at radius 1 is 1.03 bits per heavy atom. The number of amides is 1. The summed E-state index contributed by atoms with van der Waals surface area (Å²) >= 11 is 0. The number of rotatable bonds is 9. The summed E-state index contributed by atoms with van der Waals surface area (Å²) < 4.78 is 7.06. The topological polar surface area (TPSA) is 69.0 Å². The molecule has 0 radical (unpaired) electrons. The second-order valence-corrected chi connectivity index (χ2v) is 7.58. The smallest absolute Gasteiger partial charge is 0.244 e. The molecule has 33 heavy (non-hydrogen) atoms. The van der Waals surface area contributed by atoms with Crippen molar-refractivity contribution in [2.75, 3.05) is 13.7 Å². The van der Waals surface area contributed by atoms with Crippen molar-refractivity contribution >= 4 is 12.0 Å². The summed E-state index contributed by atoms with van der Waals surface area (Å²) in [7, 11) is 1.65. The van der Waals surface area contributed by atoms with E-state index in [2.05, 4.69) is 22.4 Å². The highest BCUT2D eigenvalue weighted by atomic mass is 16.5. The maximum atomic E-state index is 12.4. The molecule has 2 heterocycles. The standard InChI is InChI=1S/C27H26N4O2/c1-33-25-12-9-21(10-13-25)15-17-29-26(32)14-11-24-20-31(19-22-6-3-2-4-7-22)30-27(24)23-8-5-16-28-18-23/h2-14,16,18,20H,15,17,19H2,1H3,(H,29,32)/b14-11+. The Labute approximate surface area is 193 Å². The summed E-state index contributed by atoms with van der Waals surface area (Å²) in [6.07, 6.45) is 9.57. The average molecular weight is 439 g/mol. The molecule has 0 saturated heterocycles. The van der Waals surface area contributed by atoms with E-state index < -0.39 is 0 Å². The molecule has 0 aliphatic heterocycles. The van der Waals surface area contributed by atoms with Crippen LogP contribution in [0.1, 0.15) is 16.7 Å². The molecule has 0 unspecified atom stereocenters. The Morgan fingerprint density at radius 3 is 2.58 bits per heavy atom. The Bertz CT molecular complexity index is 1200. The van der Waals surface area contributed by atoms with Gasteiger partial charge in [-0.25, -0.2) is 0 Å². The van der Waals surface area contributed by atoms with Crippen molar-refractivity contribution in [2.24, 2.45) is 0 Å². The highest BCUT2D eigenvalue weighted by Crippen LogP contribution is 2.23. The van der Waals surface area contributed by atoms with Gasteiger partial charge in [0.05, 0.1) is 13.7 Å². The number of carbonyl (C=O) groups is 1. The van der Waals surface area contributed by atoms with E-state index in [4.69, 9.17) is 9.84 Å². The summed E-state index contributed by atoms with van der Waals surface area (Å²) in [5.74, 6) is 0.680. The number of methoxy groups -OCH3 is 1. The number of hydrogen-bond donors (Lipinski definition) is 1. The number of ether oxygens (including phenoxy) is 1. The molecule has 0 fully saturated rings. The molecule has 1 amide bonds. The fraction of sp³-hybridized carbons (Fsp3) is 0.148. The van der Waals surface area contributed by atoms with E-state index in [9.17, 15) is 4.79 Å². The normalized spacial score (nSPS) is 10.9. The summed E-state index contributed by atoms with van der Waals surface area (Å²) in [4.78, 5) is 16.6. The van der Waals surface area contributed by atoms with Gasteiger partial charge in [0, 0.05) is 42.3 Å². The highest BCUT2D eigenvalue weighted by Gasteiger charge is 2.10. The van der Waals surface area contributed by atoms with E-state index in [1.54, 1.807) is 31.7 Å². The van der Waals surface area contributed by atoms with Gasteiger partial charge in [0.15, 0.2) is 0 Å². The van der Waals surface area contributed by atoms with Crippen molar-refractivity contribution in [3.05, 3.63) is 108 Å². The number of nitrogens with one attached hydrogen (secondary N) is 1. The first-order valence-electron chi connectivity index (χ1n) is 10.8. The first-order valence-corrected chi connectivity index (χ1v) is 10.8. The maximum absolute atomic E-state index is 12.4. The Hall–Kier alpha value is -4.19. The fourth-order valence-electron chi connectivity index (χ4n) is 3.48.